The molecule has 0 aliphatic rings. The van der Waals surface area contributed by atoms with Crippen molar-refractivity contribution < 1.29 is 9.49 Å². The highest BCUT2D eigenvalue weighted by Crippen LogP contribution is 2.29. The summed E-state index contributed by atoms with van der Waals surface area (Å²) in [7, 11) is 0. The van der Waals surface area contributed by atoms with Crippen LogP contribution in [-0.2, 0) is 6.54 Å². The molecule has 0 fully saturated rings. The Bertz CT molecular complexity index is 1610. The van der Waals surface area contributed by atoms with Crippen LogP contribution in [0.15, 0.2) is 109 Å². The van der Waals surface area contributed by atoms with Crippen LogP contribution >= 0.6 is 0 Å². The second kappa shape index (κ2) is 7.57. The Morgan fingerprint density at radius 3 is 2.03 bits per heavy atom. The van der Waals surface area contributed by atoms with E-state index in [9.17, 15) is 10.1 Å². The molecule has 1 heterocycles. The Morgan fingerprint density at radius 2 is 1.36 bits per heavy atom. The van der Waals surface area contributed by atoms with Gasteiger partial charge in [0.15, 0.2) is 11.0 Å². The quantitative estimate of drug-likeness (QED) is 0.145. The largest absolute Gasteiger partial charge is 0.269 e. The molecule has 0 N–H and O–H groups in total. The van der Waals surface area contributed by atoms with Crippen LogP contribution in [0.4, 0.5) is 5.69 Å². The minimum atomic E-state index is -0.372. The highest BCUT2D eigenvalue weighted by Gasteiger charge is 2.19. The van der Waals surface area contributed by atoms with Gasteiger partial charge in [0.2, 0.25) is 6.33 Å². The first-order chi connectivity index (χ1) is 16.2. The molecule has 0 aliphatic heterocycles. The predicted molar refractivity (Wildman–Crippen MR) is 131 cm³/mol. The molecule has 0 spiro atoms. The Balaban J connectivity index is 1.55. The highest BCUT2D eigenvalue weighted by molar-refractivity contribution is 6.02. The van der Waals surface area contributed by atoms with E-state index in [4.69, 9.17) is 0 Å². The molecule has 0 radical (unpaired) electrons. The van der Waals surface area contributed by atoms with Crippen LogP contribution in [-0.4, -0.2) is 9.49 Å². The van der Waals surface area contributed by atoms with Crippen LogP contribution in [0.3, 0.4) is 0 Å². The maximum absolute atomic E-state index is 11.1. The fourth-order valence-electron chi connectivity index (χ4n) is 4.69. The van der Waals surface area contributed by atoms with Crippen LogP contribution in [0.25, 0.3) is 38.3 Å². The Kier molecular flexibility index (Phi) is 4.40. The Hall–Kier alpha value is -4.51. The molecule has 0 saturated carbocycles. The Labute approximate surface area is 189 Å². The minimum absolute atomic E-state index is 0.0883. The van der Waals surface area contributed by atoms with Crippen molar-refractivity contribution in [1.29, 1.82) is 0 Å². The zero-order chi connectivity index (χ0) is 22.4. The van der Waals surface area contributed by atoms with E-state index in [0.717, 1.165) is 16.7 Å². The van der Waals surface area contributed by atoms with Crippen molar-refractivity contribution in [2.24, 2.45) is 0 Å². The predicted octanol–water partition coefficient (Wildman–Crippen LogP) is 6.18. The topological polar surface area (TPSA) is 52.0 Å². The minimum Gasteiger partial charge on any atom is -0.258 e. The van der Waals surface area contributed by atoms with E-state index in [1.807, 2.05) is 12.1 Å². The van der Waals surface area contributed by atoms with Gasteiger partial charge in [-0.2, -0.15) is 4.57 Å². The lowest BCUT2D eigenvalue weighted by molar-refractivity contribution is -0.662. The van der Waals surface area contributed by atoms with Gasteiger partial charge in [-0.15, -0.1) is 0 Å². The van der Waals surface area contributed by atoms with Crippen molar-refractivity contribution in [3.8, 4) is 5.69 Å². The number of fused-ring (bicyclic) bond motifs is 3. The molecule has 0 bridgehead atoms. The maximum Gasteiger partial charge on any atom is 0.269 e. The molecule has 158 valence electrons. The van der Waals surface area contributed by atoms with Crippen molar-refractivity contribution in [2.45, 2.75) is 6.54 Å². The average Bonchev–Trinajstić information content (AvgIpc) is 3.22. The Morgan fingerprint density at radius 1 is 0.758 bits per heavy atom. The molecule has 5 heteroatoms. The van der Waals surface area contributed by atoms with Gasteiger partial charge in [0.25, 0.3) is 5.69 Å². The number of hydrogen-bond acceptors (Lipinski definition) is 2. The van der Waals surface area contributed by atoms with Gasteiger partial charge in [-0.3, -0.25) is 10.1 Å². The molecular weight excluding hydrogens is 410 g/mol. The SMILES string of the molecule is O=[N+]([O-])c1ccc(-n2c[n+](Cc3c4ccccc4cc4ccccc34)c3ccccc32)cc1. The number of imidazole rings is 1. The van der Waals surface area contributed by atoms with Gasteiger partial charge in [0.05, 0.1) is 4.92 Å². The zero-order valence-electron chi connectivity index (χ0n) is 17.8. The molecular formula is C28H20N3O2+. The molecule has 0 amide bonds. The van der Waals surface area contributed by atoms with Gasteiger partial charge in [-0.1, -0.05) is 60.7 Å². The number of nitrogens with zero attached hydrogens (tertiary/aromatic N) is 3. The van der Waals surface area contributed by atoms with E-state index in [1.165, 1.54) is 27.1 Å². The molecule has 33 heavy (non-hydrogen) atoms. The lowest BCUT2D eigenvalue weighted by Gasteiger charge is -2.10. The summed E-state index contributed by atoms with van der Waals surface area (Å²) in [6.45, 7) is 0.711. The fourth-order valence-corrected chi connectivity index (χ4v) is 4.69. The standard InChI is InChI=1S/C28H20N3O2/c32-31(33)23-15-13-22(14-16-23)30-19-29(27-11-5-6-12-28(27)30)18-26-24-9-3-1-7-20(24)17-21-8-2-4-10-25(21)26/h1-17,19H,18H2/q+1. The molecule has 0 unspecified atom stereocenters. The summed E-state index contributed by atoms with van der Waals surface area (Å²) < 4.78 is 4.34. The molecule has 0 saturated heterocycles. The van der Waals surface area contributed by atoms with Crippen molar-refractivity contribution in [2.75, 3.05) is 0 Å². The molecule has 6 aromatic rings. The van der Waals surface area contributed by atoms with Crippen molar-refractivity contribution in [3.63, 3.8) is 0 Å². The van der Waals surface area contributed by atoms with Crippen LogP contribution in [0.5, 0.6) is 0 Å². The van der Waals surface area contributed by atoms with E-state index in [0.29, 0.717) is 6.54 Å². The van der Waals surface area contributed by atoms with Crippen LogP contribution in [0.1, 0.15) is 5.56 Å². The number of nitro benzene ring substituents is 1. The first kappa shape index (κ1) is 19.2. The lowest BCUT2D eigenvalue weighted by Crippen LogP contribution is -2.33. The zero-order valence-corrected chi connectivity index (χ0v) is 17.8. The third kappa shape index (κ3) is 3.22. The van der Waals surface area contributed by atoms with Crippen LogP contribution < -0.4 is 4.57 Å². The van der Waals surface area contributed by atoms with E-state index >= 15 is 0 Å². The van der Waals surface area contributed by atoms with Gasteiger partial charge >= 0.3 is 0 Å². The number of non-ortho nitro benzene ring substituents is 1. The highest BCUT2D eigenvalue weighted by atomic mass is 16.6. The molecule has 1 aromatic heterocycles. The molecule has 6 rings (SSSR count). The van der Waals surface area contributed by atoms with Crippen molar-refractivity contribution in [1.82, 2.24) is 4.57 Å². The fraction of sp³-hybridized carbons (Fsp3) is 0.0357. The maximum atomic E-state index is 11.1. The van der Waals surface area contributed by atoms with Gasteiger partial charge in [0.1, 0.15) is 12.2 Å². The lowest BCUT2D eigenvalue weighted by atomic mass is 9.96. The summed E-state index contributed by atoms with van der Waals surface area (Å²) in [4.78, 5) is 10.7. The van der Waals surface area contributed by atoms with Crippen molar-refractivity contribution >= 4 is 38.3 Å². The van der Waals surface area contributed by atoms with Gasteiger partial charge in [-0.05, 0) is 51.9 Å². The van der Waals surface area contributed by atoms with Crippen molar-refractivity contribution in [3.05, 3.63) is 125 Å². The number of rotatable bonds is 4. The summed E-state index contributed by atoms with van der Waals surface area (Å²) >= 11 is 0. The van der Waals surface area contributed by atoms with E-state index in [1.54, 1.807) is 24.3 Å². The summed E-state index contributed by atoms with van der Waals surface area (Å²) in [6, 6.07) is 34.2. The summed E-state index contributed by atoms with van der Waals surface area (Å²) in [6.07, 6.45) is 2.09. The molecule has 5 nitrogen and oxygen atoms in total. The van der Waals surface area contributed by atoms with Gasteiger partial charge in [-0.25, -0.2) is 4.57 Å². The molecule has 0 aliphatic carbocycles. The second-order valence-electron chi connectivity index (χ2n) is 8.17. The summed E-state index contributed by atoms with van der Waals surface area (Å²) in [5, 5.41) is 16.0. The number of aromatic nitrogens is 2. The number of hydrogen-bond donors (Lipinski definition) is 0. The van der Waals surface area contributed by atoms with E-state index in [-0.39, 0.29) is 10.6 Å². The number of benzene rings is 5. The number of nitro groups is 1. The van der Waals surface area contributed by atoms with Crippen LogP contribution in [0.2, 0.25) is 0 Å². The first-order valence-corrected chi connectivity index (χ1v) is 10.8. The average molecular weight is 430 g/mol. The molecule has 0 atom stereocenters. The van der Waals surface area contributed by atoms with Gasteiger partial charge in [0, 0.05) is 17.7 Å². The van der Waals surface area contributed by atoms with E-state index in [2.05, 4.69) is 82.2 Å². The summed E-state index contributed by atoms with van der Waals surface area (Å²) in [5.74, 6) is 0. The number of para-hydroxylation sites is 2. The summed E-state index contributed by atoms with van der Waals surface area (Å²) in [5.41, 5.74) is 4.41. The van der Waals surface area contributed by atoms with Gasteiger partial charge < -0.3 is 0 Å². The third-order valence-corrected chi connectivity index (χ3v) is 6.26. The normalized spacial score (nSPS) is 11.4. The smallest absolute Gasteiger partial charge is 0.258 e. The monoisotopic (exact) mass is 430 g/mol. The molecule has 5 aromatic carbocycles. The first-order valence-electron chi connectivity index (χ1n) is 10.8. The van der Waals surface area contributed by atoms with Crippen LogP contribution in [0, 0.1) is 10.1 Å². The second-order valence-corrected chi connectivity index (χ2v) is 8.17. The third-order valence-electron chi connectivity index (χ3n) is 6.26. The van der Waals surface area contributed by atoms with E-state index < -0.39 is 0 Å².